The average Bonchev–Trinajstić information content (AvgIpc) is 1.85. The Labute approximate surface area is 74.5 Å². The summed E-state index contributed by atoms with van der Waals surface area (Å²) in [6.07, 6.45) is 0.0916. The summed E-state index contributed by atoms with van der Waals surface area (Å²) < 4.78 is 5.26. The van der Waals surface area contributed by atoms with Gasteiger partial charge < -0.3 is 10.1 Å². The number of ether oxygens (including phenoxy) is 1. The predicted molar refractivity (Wildman–Crippen MR) is 48.9 cm³/mol. The second-order valence-corrected chi connectivity index (χ2v) is 3.43. The second-order valence-electron chi connectivity index (χ2n) is 3.43. The Hall–Kier alpha value is -0.570. The van der Waals surface area contributed by atoms with Crippen LogP contribution in [0.1, 0.15) is 27.7 Å². The highest BCUT2D eigenvalue weighted by Gasteiger charge is 2.20. The second kappa shape index (κ2) is 5.14. The Morgan fingerprint density at radius 2 is 1.83 bits per heavy atom. The number of hydrogen-bond donors (Lipinski definition) is 1. The standard InChI is InChI=1S/C9H19NO2/c1-6(2)9(12-5)7(3)10-8(4)11/h6-7,9H,1-5H3,(H,10,11). The molecule has 0 heterocycles. The van der Waals surface area contributed by atoms with Crippen LogP contribution in [-0.2, 0) is 9.53 Å². The maximum Gasteiger partial charge on any atom is 0.217 e. The summed E-state index contributed by atoms with van der Waals surface area (Å²) in [7, 11) is 1.67. The Kier molecular flexibility index (Phi) is 4.90. The van der Waals surface area contributed by atoms with Gasteiger partial charge in [0.1, 0.15) is 0 Å². The van der Waals surface area contributed by atoms with Crippen molar-refractivity contribution in [2.75, 3.05) is 7.11 Å². The molecule has 0 aromatic rings. The zero-order valence-corrected chi connectivity index (χ0v) is 8.55. The summed E-state index contributed by atoms with van der Waals surface area (Å²) in [6.45, 7) is 7.62. The molecule has 0 fully saturated rings. The molecule has 1 N–H and O–H groups in total. The normalized spacial score (nSPS) is 15.8. The molecule has 0 aromatic heterocycles. The molecular formula is C9H19NO2. The van der Waals surface area contributed by atoms with Crippen molar-refractivity contribution >= 4 is 5.91 Å². The smallest absolute Gasteiger partial charge is 0.217 e. The maximum absolute atomic E-state index is 10.7. The van der Waals surface area contributed by atoms with E-state index in [9.17, 15) is 4.79 Å². The van der Waals surface area contributed by atoms with Gasteiger partial charge in [-0.05, 0) is 12.8 Å². The zero-order valence-electron chi connectivity index (χ0n) is 8.55. The Balaban J connectivity index is 4.02. The van der Waals surface area contributed by atoms with Gasteiger partial charge in [0, 0.05) is 14.0 Å². The van der Waals surface area contributed by atoms with E-state index in [0.717, 1.165) is 0 Å². The van der Waals surface area contributed by atoms with Crippen LogP contribution >= 0.6 is 0 Å². The Morgan fingerprint density at radius 1 is 1.33 bits per heavy atom. The number of carbonyl (C=O) groups is 1. The largest absolute Gasteiger partial charge is 0.379 e. The van der Waals surface area contributed by atoms with Crippen LogP contribution in [0, 0.1) is 5.92 Å². The van der Waals surface area contributed by atoms with Crippen molar-refractivity contribution in [1.29, 1.82) is 0 Å². The summed E-state index contributed by atoms with van der Waals surface area (Å²) in [5, 5.41) is 2.81. The van der Waals surface area contributed by atoms with Crippen LogP contribution in [-0.4, -0.2) is 25.2 Å². The number of rotatable bonds is 4. The molecule has 2 atom stereocenters. The van der Waals surface area contributed by atoms with Gasteiger partial charge in [0.05, 0.1) is 12.1 Å². The third kappa shape index (κ3) is 3.72. The number of hydrogen-bond acceptors (Lipinski definition) is 2. The molecule has 0 radical (unpaired) electrons. The summed E-state index contributed by atoms with van der Waals surface area (Å²) >= 11 is 0. The molecule has 0 aliphatic heterocycles. The van der Waals surface area contributed by atoms with Gasteiger partial charge >= 0.3 is 0 Å². The fourth-order valence-electron chi connectivity index (χ4n) is 1.46. The lowest BCUT2D eigenvalue weighted by Gasteiger charge is -2.26. The Bertz CT molecular complexity index is 145. The van der Waals surface area contributed by atoms with E-state index in [1.54, 1.807) is 7.11 Å². The molecule has 0 aromatic carbocycles. The topological polar surface area (TPSA) is 38.3 Å². The van der Waals surface area contributed by atoms with Gasteiger partial charge in [-0.3, -0.25) is 4.79 Å². The highest BCUT2D eigenvalue weighted by molar-refractivity contribution is 5.73. The molecule has 72 valence electrons. The fourth-order valence-corrected chi connectivity index (χ4v) is 1.46. The van der Waals surface area contributed by atoms with Crippen molar-refractivity contribution in [3.63, 3.8) is 0 Å². The number of methoxy groups -OCH3 is 1. The van der Waals surface area contributed by atoms with Crippen LogP contribution in [0.4, 0.5) is 0 Å². The van der Waals surface area contributed by atoms with Gasteiger partial charge in [0.15, 0.2) is 0 Å². The van der Waals surface area contributed by atoms with Crippen LogP contribution in [0.15, 0.2) is 0 Å². The molecule has 0 aliphatic carbocycles. The van der Waals surface area contributed by atoms with Gasteiger partial charge in [0.2, 0.25) is 5.91 Å². The number of carbonyl (C=O) groups excluding carboxylic acids is 1. The van der Waals surface area contributed by atoms with E-state index in [4.69, 9.17) is 4.74 Å². The molecule has 3 nitrogen and oxygen atoms in total. The van der Waals surface area contributed by atoms with E-state index in [0.29, 0.717) is 5.92 Å². The van der Waals surface area contributed by atoms with E-state index < -0.39 is 0 Å². The quantitative estimate of drug-likeness (QED) is 0.693. The van der Waals surface area contributed by atoms with Crippen LogP contribution in [0.25, 0.3) is 0 Å². The third-order valence-corrected chi connectivity index (χ3v) is 1.85. The molecule has 0 bridgehead atoms. The van der Waals surface area contributed by atoms with Crippen LogP contribution in [0.5, 0.6) is 0 Å². The summed E-state index contributed by atoms with van der Waals surface area (Å²) in [5.74, 6) is 0.405. The van der Waals surface area contributed by atoms with E-state index in [-0.39, 0.29) is 18.1 Å². The molecule has 1 amide bonds. The molecule has 0 rings (SSSR count). The number of amides is 1. The van der Waals surface area contributed by atoms with Crippen molar-refractivity contribution in [3.8, 4) is 0 Å². The van der Waals surface area contributed by atoms with Crippen LogP contribution in [0.2, 0.25) is 0 Å². The average molecular weight is 173 g/mol. The fraction of sp³-hybridized carbons (Fsp3) is 0.889. The van der Waals surface area contributed by atoms with E-state index in [1.807, 2.05) is 6.92 Å². The molecule has 2 unspecified atom stereocenters. The summed E-state index contributed by atoms with van der Waals surface area (Å²) in [4.78, 5) is 10.7. The first kappa shape index (κ1) is 11.4. The van der Waals surface area contributed by atoms with Gasteiger partial charge in [-0.2, -0.15) is 0 Å². The van der Waals surface area contributed by atoms with Crippen molar-refractivity contribution in [2.24, 2.45) is 5.92 Å². The van der Waals surface area contributed by atoms with Gasteiger partial charge in [0.25, 0.3) is 0 Å². The van der Waals surface area contributed by atoms with Crippen molar-refractivity contribution < 1.29 is 9.53 Å². The third-order valence-electron chi connectivity index (χ3n) is 1.85. The Morgan fingerprint density at radius 3 is 2.08 bits per heavy atom. The van der Waals surface area contributed by atoms with Gasteiger partial charge in [-0.1, -0.05) is 13.8 Å². The van der Waals surface area contributed by atoms with Crippen LogP contribution in [0.3, 0.4) is 0 Å². The molecule has 0 aliphatic rings. The zero-order chi connectivity index (χ0) is 9.72. The van der Waals surface area contributed by atoms with E-state index in [1.165, 1.54) is 6.92 Å². The van der Waals surface area contributed by atoms with E-state index in [2.05, 4.69) is 19.2 Å². The molecule has 3 heteroatoms. The maximum atomic E-state index is 10.7. The molecule has 12 heavy (non-hydrogen) atoms. The van der Waals surface area contributed by atoms with Gasteiger partial charge in [-0.15, -0.1) is 0 Å². The summed E-state index contributed by atoms with van der Waals surface area (Å²) in [5.41, 5.74) is 0. The highest BCUT2D eigenvalue weighted by Crippen LogP contribution is 2.09. The molecular weight excluding hydrogens is 154 g/mol. The SMILES string of the molecule is COC(C(C)C)C(C)NC(C)=O. The monoisotopic (exact) mass is 173 g/mol. The molecule has 0 saturated heterocycles. The molecule has 0 spiro atoms. The van der Waals surface area contributed by atoms with Crippen molar-refractivity contribution in [1.82, 2.24) is 5.32 Å². The highest BCUT2D eigenvalue weighted by atomic mass is 16.5. The minimum atomic E-state index is -0.00907. The van der Waals surface area contributed by atoms with Crippen molar-refractivity contribution in [3.05, 3.63) is 0 Å². The first-order chi connectivity index (χ1) is 5.49. The lowest BCUT2D eigenvalue weighted by molar-refractivity contribution is -0.120. The first-order valence-electron chi connectivity index (χ1n) is 4.29. The van der Waals surface area contributed by atoms with Gasteiger partial charge in [-0.25, -0.2) is 0 Å². The minimum absolute atomic E-state index is 0.00907. The molecule has 0 saturated carbocycles. The predicted octanol–water partition coefficient (Wildman–Crippen LogP) is 1.18. The first-order valence-corrected chi connectivity index (χ1v) is 4.29. The van der Waals surface area contributed by atoms with Crippen molar-refractivity contribution in [2.45, 2.75) is 39.8 Å². The lowest BCUT2D eigenvalue weighted by Crippen LogP contribution is -2.43. The number of nitrogens with one attached hydrogen (secondary N) is 1. The summed E-state index contributed by atoms with van der Waals surface area (Å²) in [6, 6.07) is 0.0764. The lowest BCUT2D eigenvalue weighted by atomic mass is 10.0. The van der Waals surface area contributed by atoms with E-state index >= 15 is 0 Å². The minimum Gasteiger partial charge on any atom is -0.379 e. The van der Waals surface area contributed by atoms with Crippen LogP contribution < -0.4 is 5.32 Å².